The van der Waals surface area contributed by atoms with E-state index in [1.165, 1.54) is 10.6 Å². The van der Waals surface area contributed by atoms with Crippen LogP contribution in [0.5, 0.6) is 0 Å². The molecule has 2 unspecified atom stereocenters. The number of aryl methyl sites for hydroxylation is 2. The van der Waals surface area contributed by atoms with Gasteiger partial charge in [0.15, 0.2) is 0 Å². The molecule has 1 N–H and O–H groups in total. The van der Waals surface area contributed by atoms with Gasteiger partial charge in [0.1, 0.15) is 0 Å². The Hall–Kier alpha value is -0.920. The predicted molar refractivity (Wildman–Crippen MR) is 81.4 cm³/mol. The van der Waals surface area contributed by atoms with E-state index in [1.54, 1.807) is 0 Å². The Morgan fingerprint density at radius 2 is 2.24 bits per heavy atom. The first kappa shape index (κ1) is 16.5. The molecule has 0 saturated carbocycles. The number of rotatable bonds is 5. The number of aliphatic hydroxyl groups is 1. The quantitative estimate of drug-likeness (QED) is 0.889. The Balaban J connectivity index is 2.03. The van der Waals surface area contributed by atoms with Crippen LogP contribution in [0.4, 0.5) is 0 Å². The van der Waals surface area contributed by atoms with Gasteiger partial charge in [0.05, 0.1) is 23.7 Å². The molecule has 1 aliphatic heterocycles. The minimum Gasteiger partial charge on any atom is -0.387 e. The predicted octanol–water partition coefficient (Wildman–Crippen LogP) is 1.31. The highest BCUT2D eigenvalue weighted by molar-refractivity contribution is 7.88. The van der Waals surface area contributed by atoms with Crippen molar-refractivity contribution in [1.29, 1.82) is 0 Å². The Labute approximate surface area is 126 Å². The SMILES string of the molecule is CCn1nc(C)cc1C(O)CC1CCCN(S(C)(=O)=O)C1. The lowest BCUT2D eigenvalue weighted by Gasteiger charge is -2.32. The molecule has 0 amide bonds. The maximum atomic E-state index is 11.6. The average Bonchev–Trinajstić information content (AvgIpc) is 2.79. The molecule has 6 nitrogen and oxygen atoms in total. The number of nitrogens with zero attached hydrogens (tertiary/aromatic N) is 3. The molecule has 1 fully saturated rings. The third-order valence-electron chi connectivity index (χ3n) is 4.08. The van der Waals surface area contributed by atoms with Crippen molar-refractivity contribution in [2.45, 2.75) is 45.8 Å². The summed E-state index contributed by atoms with van der Waals surface area (Å²) in [4.78, 5) is 0. The van der Waals surface area contributed by atoms with Crippen LogP contribution in [0.15, 0.2) is 6.07 Å². The molecule has 0 bridgehead atoms. The summed E-state index contributed by atoms with van der Waals surface area (Å²) in [5.41, 5.74) is 1.72. The van der Waals surface area contributed by atoms with Gasteiger partial charge in [0, 0.05) is 19.6 Å². The molecule has 7 heteroatoms. The third kappa shape index (κ3) is 4.05. The standard InChI is InChI=1S/C14H25N3O3S/c1-4-17-13(8-11(2)15-17)14(18)9-12-6-5-7-16(10-12)21(3,19)20/h8,12,14,18H,4-7,9-10H2,1-3H3. The zero-order chi connectivity index (χ0) is 15.6. The smallest absolute Gasteiger partial charge is 0.211 e. The summed E-state index contributed by atoms with van der Waals surface area (Å²) in [7, 11) is -3.13. The Morgan fingerprint density at radius 1 is 1.52 bits per heavy atom. The highest BCUT2D eigenvalue weighted by Gasteiger charge is 2.28. The number of aromatic nitrogens is 2. The Morgan fingerprint density at radius 3 is 2.86 bits per heavy atom. The van der Waals surface area contributed by atoms with Gasteiger partial charge in [-0.05, 0) is 45.1 Å². The first-order valence-corrected chi connectivity index (χ1v) is 9.33. The van der Waals surface area contributed by atoms with Crippen LogP contribution in [-0.4, -0.2) is 47.0 Å². The van der Waals surface area contributed by atoms with Crippen molar-refractivity contribution >= 4 is 10.0 Å². The van der Waals surface area contributed by atoms with Crippen LogP contribution in [0.2, 0.25) is 0 Å². The summed E-state index contributed by atoms with van der Waals surface area (Å²) in [6, 6.07) is 1.91. The Kier molecular flexibility index (Phi) is 5.06. The fourth-order valence-electron chi connectivity index (χ4n) is 3.04. The monoisotopic (exact) mass is 315 g/mol. The number of aliphatic hydroxyl groups excluding tert-OH is 1. The molecule has 0 radical (unpaired) electrons. The fourth-order valence-corrected chi connectivity index (χ4v) is 3.99. The number of piperidine rings is 1. The van der Waals surface area contributed by atoms with Crippen molar-refractivity contribution < 1.29 is 13.5 Å². The molecule has 2 heterocycles. The molecule has 1 aliphatic rings. The molecule has 21 heavy (non-hydrogen) atoms. The van der Waals surface area contributed by atoms with E-state index in [2.05, 4.69) is 5.10 Å². The molecule has 2 rings (SSSR count). The van der Waals surface area contributed by atoms with Gasteiger partial charge in [0.2, 0.25) is 10.0 Å². The molecule has 1 saturated heterocycles. The van der Waals surface area contributed by atoms with E-state index in [1.807, 2.05) is 24.6 Å². The molecule has 0 spiro atoms. The maximum absolute atomic E-state index is 11.6. The summed E-state index contributed by atoms with van der Waals surface area (Å²) < 4.78 is 26.6. The first-order valence-electron chi connectivity index (χ1n) is 7.48. The van der Waals surface area contributed by atoms with Crippen molar-refractivity contribution in [1.82, 2.24) is 14.1 Å². The number of sulfonamides is 1. The molecule has 1 aromatic rings. The van der Waals surface area contributed by atoms with Crippen molar-refractivity contribution in [3.63, 3.8) is 0 Å². The van der Waals surface area contributed by atoms with Crippen LogP contribution < -0.4 is 0 Å². The molecular weight excluding hydrogens is 290 g/mol. The van der Waals surface area contributed by atoms with E-state index < -0.39 is 16.1 Å². The second-order valence-corrected chi connectivity index (χ2v) is 7.89. The van der Waals surface area contributed by atoms with Crippen LogP contribution in [0, 0.1) is 12.8 Å². The van der Waals surface area contributed by atoms with Gasteiger partial charge in [-0.25, -0.2) is 12.7 Å². The second-order valence-electron chi connectivity index (χ2n) is 5.91. The normalized spacial score (nSPS) is 22.4. The lowest BCUT2D eigenvalue weighted by molar-refractivity contribution is 0.115. The highest BCUT2D eigenvalue weighted by atomic mass is 32.2. The van der Waals surface area contributed by atoms with Crippen LogP contribution in [0.25, 0.3) is 0 Å². The van der Waals surface area contributed by atoms with Gasteiger partial charge in [-0.15, -0.1) is 0 Å². The summed E-state index contributed by atoms with van der Waals surface area (Å²) in [6.07, 6.45) is 3.06. The van der Waals surface area contributed by atoms with E-state index in [9.17, 15) is 13.5 Å². The van der Waals surface area contributed by atoms with Crippen molar-refractivity contribution in [2.24, 2.45) is 5.92 Å². The van der Waals surface area contributed by atoms with E-state index >= 15 is 0 Å². The summed E-state index contributed by atoms with van der Waals surface area (Å²) in [5, 5.41) is 14.8. The highest BCUT2D eigenvalue weighted by Crippen LogP contribution is 2.28. The second kappa shape index (κ2) is 6.46. The molecule has 2 atom stereocenters. The lowest BCUT2D eigenvalue weighted by Crippen LogP contribution is -2.39. The molecule has 1 aromatic heterocycles. The molecule has 0 aromatic carbocycles. The van der Waals surface area contributed by atoms with Crippen molar-refractivity contribution in [3.05, 3.63) is 17.5 Å². The average molecular weight is 315 g/mol. The van der Waals surface area contributed by atoms with Crippen LogP contribution in [0.3, 0.4) is 0 Å². The van der Waals surface area contributed by atoms with Crippen LogP contribution in [0.1, 0.15) is 43.7 Å². The maximum Gasteiger partial charge on any atom is 0.211 e. The van der Waals surface area contributed by atoms with Gasteiger partial charge in [-0.2, -0.15) is 5.10 Å². The molecule has 0 aliphatic carbocycles. The van der Waals surface area contributed by atoms with Crippen molar-refractivity contribution in [2.75, 3.05) is 19.3 Å². The van der Waals surface area contributed by atoms with Gasteiger partial charge in [-0.3, -0.25) is 4.68 Å². The van der Waals surface area contributed by atoms with Crippen molar-refractivity contribution in [3.8, 4) is 0 Å². The van der Waals surface area contributed by atoms with Crippen LogP contribution in [-0.2, 0) is 16.6 Å². The van der Waals surface area contributed by atoms with Gasteiger partial charge < -0.3 is 5.11 Å². The Bertz CT molecular complexity index is 582. The molecular formula is C14H25N3O3S. The van der Waals surface area contributed by atoms with E-state index in [-0.39, 0.29) is 5.92 Å². The zero-order valence-corrected chi connectivity index (χ0v) is 13.8. The molecule has 120 valence electrons. The number of hydrogen-bond acceptors (Lipinski definition) is 4. The first-order chi connectivity index (χ1) is 9.81. The van der Waals surface area contributed by atoms with E-state index in [4.69, 9.17) is 0 Å². The summed E-state index contributed by atoms with van der Waals surface area (Å²) >= 11 is 0. The lowest BCUT2D eigenvalue weighted by atomic mass is 9.92. The van der Waals surface area contributed by atoms with Gasteiger partial charge in [-0.1, -0.05) is 0 Å². The van der Waals surface area contributed by atoms with Gasteiger partial charge >= 0.3 is 0 Å². The number of hydrogen-bond donors (Lipinski definition) is 1. The minimum absolute atomic E-state index is 0.198. The van der Waals surface area contributed by atoms with Gasteiger partial charge in [0.25, 0.3) is 0 Å². The van der Waals surface area contributed by atoms with E-state index in [0.29, 0.717) is 19.5 Å². The minimum atomic E-state index is -3.13. The summed E-state index contributed by atoms with van der Waals surface area (Å²) in [6.45, 7) is 5.73. The van der Waals surface area contributed by atoms with Crippen LogP contribution >= 0.6 is 0 Å². The van der Waals surface area contributed by atoms with E-state index in [0.717, 1.165) is 30.8 Å². The largest absolute Gasteiger partial charge is 0.387 e. The summed E-state index contributed by atoms with van der Waals surface area (Å²) in [5.74, 6) is 0.198. The topological polar surface area (TPSA) is 75.4 Å². The third-order valence-corrected chi connectivity index (χ3v) is 5.35. The zero-order valence-electron chi connectivity index (χ0n) is 13.0. The fraction of sp³-hybridized carbons (Fsp3) is 0.786.